The third-order valence-electron chi connectivity index (χ3n) is 2.89. The van der Waals surface area contributed by atoms with Gasteiger partial charge in [-0.2, -0.15) is 0 Å². The number of esters is 1. The molecule has 2 rings (SSSR count). The third kappa shape index (κ3) is 3.19. The zero-order chi connectivity index (χ0) is 13.8. The fraction of sp³-hybridized carbons (Fsp3) is 0.188. The molecule has 1 unspecified atom stereocenters. The van der Waals surface area contributed by atoms with Crippen molar-refractivity contribution in [3.8, 4) is 0 Å². The van der Waals surface area contributed by atoms with Gasteiger partial charge < -0.3 is 4.74 Å². The number of ether oxygens (including phenoxy) is 1. The summed E-state index contributed by atoms with van der Waals surface area (Å²) < 4.78 is 18.9. The first-order valence-electron chi connectivity index (χ1n) is 6.10. The van der Waals surface area contributed by atoms with Gasteiger partial charge in [-0.25, -0.2) is 9.18 Å². The zero-order valence-corrected chi connectivity index (χ0v) is 10.9. The number of carbonyl (C=O) groups is 1. The van der Waals surface area contributed by atoms with E-state index in [9.17, 15) is 9.18 Å². The van der Waals surface area contributed by atoms with Crippen molar-refractivity contribution in [2.45, 2.75) is 20.0 Å². The monoisotopic (exact) mass is 258 g/mol. The van der Waals surface area contributed by atoms with Crippen LogP contribution in [-0.4, -0.2) is 5.97 Å². The van der Waals surface area contributed by atoms with Crippen molar-refractivity contribution in [1.29, 1.82) is 0 Å². The van der Waals surface area contributed by atoms with Crippen molar-refractivity contribution < 1.29 is 13.9 Å². The van der Waals surface area contributed by atoms with Crippen LogP contribution in [0.1, 0.15) is 34.5 Å². The molecule has 3 heteroatoms. The molecule has 0 aromatic heterocycles. The fourth-order valence-electron chi connectivity index (χ4n) is 1.81. The van der Waals surface area contributed by atoms with Gasteiger partial charge in [-0.15, -0.1) is 0 Å². The molecule has 98 valence electrons. The number of carbonyl (C=O) groups excluding carboxylic acids is 1. The Labute approximate surface area is 111 Å². The lowest BCUT2D eigenvalue weighted by Gasteiger charge is -2.14. The van der Waals surface area contributed by atoms with Gasteiger partial charge in [-0.05, 0) is 31.5 Å². The van der Waals surface area contributed by atoms with E-state index in [1.165, 1.54) is 12.1 Å². The van der Waals surface area contributed by atoms with Crippen LogP contribution in [0.2, 0.25) is 0 Å². The van der Waals surface area contributed by atoms with E-state index in [4.69, 9.17) is 4.74 Å². The highest BCUT2D eigenvalue weighted by atomic mass is 19.1. The standard InChI is InChI=1S/C16H15FO2/c1-11-8-9-15(17)14(10-11)16(18)19-12(2)13-6-4-3-5-7-13/h3-10,12H,1-2H3. The Morgan fingerprint density at radius 1 is 1.16 bits per heavy atom. The smallest absolute Gasteiger partial charge is 0.341 e. The third-order valence-corrected chi connectivity index (χ3v) is 2.89. The molecule has 0 fully saturated rings. The SMILES string of the molecule is Cc1ccc(F)c(C(=O)OC(C)c2ccccc2)c1. The lowest BCUT2D eigenvalue weighted by Crippen LogP contribution is -2.11. The highest BCUT2D eigenvalue weighted by molar-refractivity contribution is 5.90. The zero-order valence-electron chi connectivity index (χ0n) is 10.9. The normalized spacial score (nSPS) is 11.9. The molecule has 0 heterocycles. The summed E-state index contributed by atoms with van der Waals surface area (Å²) in [6.45, 7) is 3.57. The molecule has 0 spiro atoms. The minimum Gasteiger partial charge on any atom is -0.454 e. The first-order valence-corrected chi connectivity index (χ1v) is 6.10. The summed E-state index contributed by atoms with van der Waals surface area (Å²) in [6, 6.07) is 13.7. The molecule has 0 amide bonds. The average molecular weight is 258 g/mol. The second-order valence-corrected chi connectivity index (χ2v) is 4.44. The fourth-order valence-corrected chi connectivity index (χ4v) is 1.81. The van der Waals surface area contributed by atoms with E-state index < -0.39 is 17.9 Å². The minimum atomic E-state index is -0.641. The molecule has 0 radical (unpaired) electrons. The molecular weight excluding hydrogens is 243 g/mol. The topological polar surface area (TPSA) is 26.3 Å². The molecule has 19 heavy (non-hydrogen) atoms. The maximum atomic E-state index is 13.6. The molecule has 0 aliphatic carbocycles. The molecule has 1 atom stereocenters. The van der Waals surface area contributed by atoms with Gasteiger partial charge in [0.05, 0.1) is 5.56 Å². The van der Waals surface area contributed by atoms with Crippen LogP contribution in [-0.2, 0) is 4.74 Å². The molecule has 0 aliphatic heterocycles. The van der Waals surface area contributed by atoms with Crippen LogP contribution in [0.25, 0.3) is 0 Å². The van der Waals surface area contributed by atoms with Crippen LogP contribution in [0.5, 0.6) is 0 Å². The largest absolute Gasteiger partial charge is 0.454 e. The summed E-state index contributed by atoms with van der Waals surface area (Å²) in [7, 11) is 0. The van der Waals surface area contributed by atoms with Crippen LogP contribution >= 0.6 is 0 Å². The summed E-state index contributed by atoms with van der Waals surface area (Å²) in [4.78, 5) is 11.9. The van der Waals surface area contributed by atoms with E-state index in [0.29, 0.717) is 0 Å². The quantitative estimate of drug-likeness (QED) is 0.776. The van der Waals surface area contributed by atoms with Crippen LogP contribution in [0, 0.1) is 12.7 Å². The number of aryl methyl sites for hydroxylation is 1. The number of hydrogen-bond acceptors (Lipinski definition) is 2. The van der Waals surface area contributed by atoms with Crippen molar-refractivity contribution >= 4 is 5.97 Å². The Morgan fingerprint density at radius 2 is 1.84 bits per heavy atom. The van der Waals surface area contributed by atoms with Crippen molar-refractivity contribution in [2.24, 2.45) is 0 Å². The molecule has 0 bridgehead atoms. The van der Waals surface area contributed by atoms with Crippen molar-refractivity contribution in [3.05, 3.63) is 71.0 Å². The van der Waals surface area contributed by atoms with Gasteiger partial charge in [0.2, 0.25) is 0 Å². The van der Waals surface area contributed by atoms with Gasteiger partial charge in [-0.1, -0.05) is 42.0 Å². The van der Waals surface area contributed by atoms with Gasteiger partial charge in [0, 0.05) is 0 Å². The maximum absolute atomic E-state index is 13.6. The molecular formula is C16H15FO2. The van der Waals surface area contributed by atoms with E-state index in [1.807, 2.05) is 30.3 Å². The first kappa shape index (κ1) is 13.3. The van der Waals surface area contributed by atoms with Crippen LogP contribution < -0.4 is 0 Å². The summed E-state index contributed by atoms with van der Waals surface area (Å²) >= 11 is 0. The highest BCUT2D eigenvalue weighted by Crippen LogP contribution is 2.19. The van der Waals surface area contributed by atoms with Crippen molar-refractivity contribution in [3.63, 3.8) is 0 Å². The van der Waals surface area contributed by atoms with Gasteiger partial charge in [0.1, 0.15) is 11.9 Å². The molecule has 0 aliphatic rings. The van der Waals surface area contributed by atoms with E-state index in [1.54, 1.807) is 19.9 Å². The highest BCUT2D eigenvalue weighted by Gasteiger charge is 2.17. The Kier molecular flexibility index (Phi) is 3.95. The molecule has 2 aromatic rings. The molecule has 2 aromatic carbocycles. The van der Waals surface area contributed by atoms with E-state index in [-0.39, 0.29) is 5.56 Å². The predicted molar refractivity (Wildman–Crippen MR) is 71.4 cm³/mol. The van der Waals surface area contributed by atoms with Crippen LogP contribution in [0.3, 0.4) is 0 Å². The maximum Gasteiger partial charge on any atom is 0.341 e. The number of benzene rings is 2. The van der Waals surface area contributed by atoms with Gasteiger partial charge >= 0.3 is 5.97 Å². The van der Waals surface area contributed by atoms with E-state index in [2.05, 4.69) is 0 Å². The van der Waals surface area contributed by atoms with E-state index in [0.717, 1.165) is 11.1 Å². The van der Waals surface area contributed by atoms with Gasteiger partial charge in [-0.3, -0.25) is 0 Å². The average Bonchev–Trinajstić information content (AvgIpc) is 2.42. The second kappa shape index (κ2) is 5.65. The number of hydrogen-bond donors (Lipinski definition) is 0. The number of rotatable bonds is 3. The lowest BCUT2D eigenvalue weighted by atomic mass is 10.1. The van der Waals surface area contributed by atoms with Crippen LogP contribution in [0.15, 0.2) is 48.5 Å². The summed E-state index contributed by atoms with van der Waals surface area (Å²) in [6.07, 6.45) is -0.409. The first-order chi connectivity index (χ1) is 9.08. The number of halogens is 1. The van der Waals surface area contributed by atoms with Crippen LogP contribution in [0.4, 0.5) is 4.39 Å². The van der Waals surface area contributed by atoms with Gasteiger partial charge in [0.15, 0.2) is 0 Å². The predicted octanol–water partition coefficient (Wildman–Crippen LogP) is 4.05. The molecule has 0 saturated heterocycles. The lowest BCUT2D eigenvalue weighted by molar-refractivity contribution is 0.0332. The Morgan fingerprint density at radius 3 is 2.53 bits per heavy atom. The summed E-state index contributed by atoms with van der Waals surface area (Å²) in [5, 5.41) is 0. The molecule has 0 saturated carbocycles. The van der Waals surface area contributed by atoms with Gasteiger partial charge in [0.25, 0.3) is 0 Å². The summed E-state index contributed by atoms with van der Waals surface area (Å²) in [5.41, 5.74) is 1.67. The van der Waals surface area contributed by atoms with E-state index >= 15 is 0 Å². The summed E-state index contributed by atoms with van der Waals surface area (Å²) in [5.74, 6) is -1.20. The van der Waals surface area contributed by atoms with Crippen molar-refractivity contribution in [2.75, 3.05) is 0 Å². The van der Waals surface area contributed by atoms with Crippen molar-refractivity contribution in [1.82, 2.24) is 0 Å². The molecule has 0 N–H and O–H groups in total. The Bertz CT molecular complexity index is 579. The minimum absolute atomic E-state index is 0.0252. The molecule has 2 nitrogen and oxygen atoms in total. The Hall–Kier alpha value is -2.16. The second-order valence-electron chi connectivity index (χ2n) is 4.44. The Balaban J connectivity index is 2.15.